The van der Waals surface area contributed by atoms with Crippen LogP contribution in [0, 0.1) is 6.92 Å². The molecule has 2 heterocycles. The number of thioether (sulfide) groups is 1. The lowest BCUT2D eigenvalue weighted by Gasteiger charge is -2.18. The van der Waals surface area contributed by atoms with Gasteiger partial charge in [-0.05, 0) is 31.4 Å². The van der Waals surface area contributed by atoms with Gasteiger partial charge in [-0.25, -0.2) is 0 Å². The van der Waals surface area contributed by atoms with Crippen LogP contribution in [0.5, 0.6) is 0 Å². The van der Waals surface area contributed by atoms with Crippen molar-refractivity contribution in [2.45, 2.75) is 25.9 Å². The van der Waals surface area contributed by atoms with Gasteiger partial charge in [-0.1, -0.05) is 53.8 Å². The molecule has 3 nitrogen and oxygen atoms in total. The lowest BCUT2D eigenvalue weighted by atomic mass is 10.1. The summed E-state index contributed by atoms with van der Waals surface area (Å²) in [5, 5.41) is 0. The number of aryl methyl sites for hydroxylation is 1. The van der Waals surface area contributed by atoms with Gasteiger partial charge in [-0.2, -0.15) is 0 Å². The summed E-state index contributed by atoms with van der Waals surface area (Å²) < 4.78 is 6.23. The van der Waals surface area contributed by atoms with E-state index in [1.165, 1.54) is 17.3 Å². The van der Waals surface area contributed by atoms with Gasteiger partial charge in [0.2, 0.25) is 0 Å². The third kappa shape index (κ3) is 3.36. The van der Waals surface area contributed by atoms with E-state index in [9.17, 15) is 4.79 Å². The molecule has 1 amide bonds. The summed E-state index contributed by atoms with van der Waals surface area (Å²) in [5.74, 6) is 0.000995. The zero-order chi connectivity index (χ0) is 14.8. The van der Waals surface area contributed by atoms with E-state index in [1.807, 2.05) is 37.3 Å². The van der Waals surface area contributed by atoms with Gasteiger partial charge < -0.3 is 4.74 Å². The van der Waals surface area contributed by atoms with E-state index < -0.39 is 0 Å². The monoisotopic (exact) mass is 319 g/mol. The second kappa shape index (κ2) is 6.30. The first-order valence-corrected chi connectivity index (χ1v) is 8.29. The molecule has 2 fully saturated rings. The lowest BCUT2D eigenvalue weighted by molar-refractivity contribution is -0.123. The van der Waals surface area contributed by atoms with Gasteiger partial charge in [0.1, 0.15) is 4.32 Å². The second-order valence-corrected chi connectivity index (χ2v) is 7.01. The van der Waals surface area contributed by atoms with E-state index in [-0.39, 0.29) is 12.0 Å². The first-order chi connectivity index (χ1) is 10.1. The SMILES string of the molecule is Cc1ccc(/C=C2/SC(=S)N(CC3CCCO3)C2=O)cc1. The minimum Gasteiger partial charge on any atom is -0.376 e. The van der Waals surface area contributed by atoms with Crippen molar-refractivity contribution in [1.82, 2.24) is 4.90 Å². The number of hydrogen-bond acceptors (Lipinski definition) is 4. The first-order valence-electron chi connectivity index (χ1n) is 7.07. The summed E-state index contributed by atoms with van der Waals surface area (Å²) in [6.45, 7) is 3.42. The summed E-state index contributed by atoms with van der Waals surface area (Å²) in [4.78, 5) is 14.8. The van der Waals surface area contributed by atoms with Crippen LogP contribution in [0.2, 0.25) is 0 Å². The molecular formula is C16H17NO2S2. The normalized spacial score (nSPS) is 24.3. The van der Waals surface area contributed by atoms with Crippen molar-refractivity contribution in [3.8, 4) is 0 Å². The Morgan fingerprint density at radius 3 is 2.86 bits per heavy atom. The molecule has 0 radical (unpaired) electrons. The smallest absolute Gasteiger partial charge is 0.266 e. The second-order valence-electron chi connectivity index (χ2n) is 5.34. The Morgan fingerprint density at radius 2 is 2.19 bits per heavy atom. The van der Waals surface area contributed by atoms with Gasteiger partial charge in [0.05, 0.1) is 17.6 Å². The van der Waals surface area contributed by atoms with Crippen LogP contribution in [0.1, 0.15) is 24.0 Å². The maximum atomic E-state index is 12.5. The molecule has 0 spiro atoms. The fourth-order valence-electron chi connectivity index (χ4n) is 2.46. The van der Waals surface area contributed by atoms with Gasteiger partial charge >= 0.3 is 0 Å². The highest BCUT2D eigenvalue weighted by Gasteiger charge is 2.34. The standard InChI is InChI=1S/C16H17NO2S2/c1-11-4-6-12(7-5-11)9-14-15(18)17(16(20)21-14)10-13-3-2-8-19-13/h4-7,9,13H,2-3,8,10H2,1H3/b14-9+. The molecule has 1 atom stereocenters. The predicted octanol–water partition coefficient (Wildman–Crippen LogP) is 3.38. The minimum absolute atomic E-state index is 0.000995. The Hall–Kier alpha value is -1.17. The van der Waals surface area contributed by atoms with E-state index >= 15 is 0 Å². The Bertz CT molecular complexity index is 589. The molecule has 0 N–H and O–H groups in total. The third-order valence-corrected chi connectivity index (χ3v) is 5.04. The molecule has 0 aliphatic carbocycles. The molecule has 2 saturated heterocycles. The number of carbonyl (C=O) groups is 1. The number of thiocarbonyl (C=S) groups is 1. The molecule has 5 heteroatoms. The topological polar surface area (TPSA) is 29.5 Å². The maximum Gasteiger partial charge on any atom is 0.266 e. The van der Waals surface area contributed by atoms with Crippen LogP contribution in [0.3, 0.4) is 0 Å². The number of carbonyl (C=O) groups excluding carboxylic acids is 1. The molecule has 2 aliphatic rings. The zero-order valence-corrected chi connectivity index (χ0v) is 13.5. The summed E-state index contributed by atoms with van der Waals surface area (Å²) >= 11 is 6.72. The van der Waals surface area contributed by atoms with Gasteiger partial charge in [0.15, 0.2) is 0 Å². The van der Waals surface area contributed by atoms with Gasteiger partial charge in [-0.3, -0.25) is 9.69 Å². The molecular weight excluding hydrogens is 302 g/mol. The average Bonchev–Trinajstić information content (AvgIpc) is 3.06. The Morgan fingerprint density at radius 1 is 1.43 bits per heavy atom. The molecule has 0 aromatic heterocycles. The summed E-state index contributed by atoms with van der Waals surface area (Å²) in [5.41, 5.74) is 2.23. The van der Waals surface area contributed by atoms with E-state index in [4.69, 9.17) is 17.0 Å². The quantitative estimate of drug-likeness (QED) is 0.631. The van der Waals surface area contributed by atoms with E-state index in [0.29, 0.717) is 15.8 Å². The van der Waals surface area contributed by atoms with E-state index in [1.54, 1.807) is 4.90 Å². The number of ether oxygens (including phenoxy) is 1. The van der Waals surface area contributed by atoms with Crippen molar-refractivity contribution in [2.75, 3.05) is 13.2 Å². The van der Waals surface area contributed by atoms with Crippen molar-refractivity contribution < 1.29 is 9.53 Å². The molecule has 2 aliphatic heterocycles. The summed E-state index contributed by atoms with van der Waals surface area (Å²) in [6.07, 6.45) is 4.12. The van der Waals surface area contributed by atoms with Crippen LogP contribution >= 0.6 is 24.0 Å². The van der Waals surface area contributed by atoms with Gasteiger partial charge in [-0.15, -0.1) is 0 Å². The van der Waals surface area contributed by atoms with Crippen LogP contribution in [0.25, 0.3) is 6.08 Å². The maximum absolute atomic E-state index is 12.5. The van der Waals surface area contributed by atoms with E-state index in [0.717, 1.165) is 25.0 Å². The van der Waals surface area contributed by atoms with Crippen molar-refractivity contribution in [1.29, 1.82) is 0 Å². The van der Waals surface area contributed by atoms with Gasteiger partial charge in [0, 0.05) is 6.61 Å². The summed E-state index contributed by atoms with van der Waals surface area (Å²) in [7, 11) is 0. The van der Waals surface area contributed by atoms with Crippen molar-refractivity contribution in [3.63, 3.8) is 0 Å². The highest BCUT2D eigenvalue weighted by Crippen LogP contribution is 2.33. The van der Waals surface area contributed by atoms with E-state index in [2.05, 4.69) is 0 Å². The molecule has 0 saturated carbocycles. The number of amides is 1. The van der Waals surface area contributed by atoms with Crippen LogP contribution in [-0.4, -0.2) is 34.4 Å². The van der Waals surface area contributed by atoms with Crippen LogP contribution in [-0.2, 0) is 9.53 Å². The molecule has 1 aromatic carbocycles. The highest BCUT2D eigenvalue weighted by atomic mass is 32.2. The Balaban J connectivity index is 1.74. The molecule has 1 aromatic rings. The Kier molecular flexibility index (Phi) is 4.42. The van der Waals surface area contributed by atoms with Crippen LogP contribution < -0.4 is 0 Å². The molecule has 1 unspecified atom stereocenters. The molecule has 21 heavy (non-hydrogen) atoms. The Labute approximate surface area is 134 Å². The van der Waals surface area contributed by atoms with Crippen molar-refractivity contribution >= 4 is 40.3 Å². The van der Waals surface area contributed by atoms with Gasteiger partial charge in [0.25, 0.3) is 5.91 Å². The highest BCUT2D eigenvalue weighted by molar-refractivity contribution is 8.26. The molecule has 3 rings (SSSR count). The minimum atomic E-state index is 0.000995. The van der Waals surface area contributed by atoms with Crippen molar-refractivity contribution in [2.24, 2.45) is 0 Å². The predicted molar refractivity (Wildman–Crippen MR) is 90.0 cm³/mol. The van der Waals surface area contributed by atoms with Crippen LogP contribution in [0.15, 0.2) is 29.2 Å². The number of benzene rings is 1. The fourth-order valence-corrected chi connectivity index (χ4v) is 3.74. The zero-order valence-electron chi connectivity index (χ0n) is 11.9. The number of nitrogens with zero attached hydrogens (tertiary/aromatic N) is 1. The first kappa shape index (κ1) is 14.8. The molecule has 110 valence electrons. The number of rotatable bonds is 3. The fraction of sp³-hybridized carbons (Fsp3) is 0.375. The summed E-state index contributed by atoms with van der Waals surface area (Å²) in [6, 6.07) is 8.11. The largest absolute Gasteiger partial charge is 0.376 e. The van der Waals surface area contributed by atoms with Crippen molar-refractivity contribution in [3.05, 3.63) is 40.3 Å². The number of hydrogen-bond donors (Lipinski definition) is 0. The average molecular weight is 319 g/mol. The third-order valence-electron chi connectivity index (χ3n) is 3.66. The van der Waals surface area contributed by atoms with Crippen LogP contribution in [0.4, 0.5) is 0 Å². The molecule has 0 bridgehead atoms. The lowest BCUT2D eigenvalue weighted by Crippen LogP contribution is -2.35.